The van der Waals surface area contributed by atoms with Crippen LogP contribution in [0, 0.1) is 6.92 Å². The third kappa shape index (κ3) is 2.53. The van der Waals surface area contributed by atoms with Crippen LogP contribution in [0.1, 0.15) is 18.2 Å². The van der Waals surface area contributed by atoms with E-state index in [1.165, 1.54) is 0 Å². The Morgan fingerprint density at radius 2 is 1.94 bits per heavy atom. The van der Waals surface area contributed by atoms with E-state index in [0.29, 0.717) is 0 Å². The minimum atomic E-state index is 0.857. The van der Waals surface area contributed by atoms with Gasteiger partial charge in [0, 0.05) is 6.20 Å². The summed E-state index contributed by atoms with van der Waals surface area (Å²) in [5, 5.41) is 8.25. The van der Waals surface area contributed by atoms with Gasteiger partial charge in [-0.1, -0.05) is 17.3 Å². The first kappa shape index (κ1) is 11.4. The highest BCUT2D eigenvalue weighted by Crippen LogP contribution is 2.10. The molecule has 2 rings (SSSR count). The number of nitrogens with zero attached hydrogens (tertiary/aromatic N) is 3. The first-order valence-corrected chi connectivity index (χ1v) is 5.41. The van der Waals surface area contributed by atoms with Gasteiger partial charge in [0.2, 0.25) is 0 Å². The van der Waals surface area contributed by atoms with Gasteiger partial charge in [0.25, 0.3) is 0 Å². The third-order valence-corrected chi connectivity index (χ3v) is 2.50. The average Bonchev–Trinajstić information content (AvgIpc) is 2.76. The average molecular weight is 229 g/mol. The van der Waals surface area contributed by atoms with E-state index in [2.05, 4.69) is 10.3 Å². The van der Waals surface area contributed by atoms with Crippen molar-refractivity contribution in [3.63, 3.8) is 0 Å². The summed E-state index contributed by atoms with van der Waals surface area (Å²) in [6.07, 6.45) is 1.94. The lowest BCUT2D eigenvalue weighted by atomic mass is 10.1. The summed E-state index contributed by atoms with van der Waals surface area (Å²) in [6.45, 7) is 3.89. The Morgan fingerprint density at radius 3 is 2.47 bits per heavy atom. The van der Waals surface area contributed by atoms with Crippen molar-refractivity contribution in [2.75, 3.05) is 7.11 Å². The predicted molar refractivity (Wildman–Crippen MR) is 67.5 cm³/mol. The van der Waals surface area contributed by atoms with E-state index in [9.17, 15) is 0 Å². The fraction of sp³-hybridized carbons (Fsp3) is 0.231. The lowest BCUT2D eigenvalue weighted by Crippen LogP contribution is -1.98. The fourth-order valence-electron chi connectivity index (χ4n) is 1.60. The molecule has 0 bridgehead atoms. The number of aromatic nitrogens is 2. The monoisotopic (exact) mass is 229 g/mol. The molecule has 4 nitrogen and oxygen atoms in total. The van der Waals surface area contributed by atoms with Gasteiger partial charge in [-0.25, -0.2) is 4.68 Å². The van der Waals surface area contributed by atoms with Crippen molar-refractivity contribution in [2.45, 2.75) is 13.8 Å². The zero-order valence-corrected chi connectivity index (χ0v) is 10.2. The first-order valence-electron chi connectivity index (χ1n) is 5.41. The standard InChI is InChI=1S/C13H15N3O/c1-10-8-9-16(14-10)13-6-4-12(5-7-13)11(2)15-17-3/h4-9H,1-3H3/b15-11+. The van der Waals surface area contributed by atoms with Crippen LogP contribution in [-0.2, 0) is 4.84 Å². The summed E-state index contributed by atoms with van der Waals surface area (Å²) < 4.78 is 1.85. The highest BCUT2D eigenvalue weighted by molar-refractivity contribution is 5.98. The SMILES string of the molecule is CO/N=C(\C)c1ccc(-n2ccc(C)n2)cc1. The summed E-state index contributed by atoms with van der Waals surface area (Å²) in [5.41, 5.74) is 3.94. The first-order chi connectivity index (χ1) is 8.20. The smallest absolute Gasteiger partial charge is 0.106 e. The number of benzene rings is 1. The molecule has 0 N–H and O–H groups in total. The Bertz CT molecular complexity index is 526. The van der Waals surface area contributed by atoms with Crippen LogP contribution in [0.5, 0.6) is 0 Å². The van der Waals surface area contributed by atoms with Crippen LogP contribution >= 0.6 is 0 Å². The minimum Gasteiger partial charge on any atom is -0.399 e. The van der Waals surface area contributed by atoms with Crippen LogP contribution in [0.15, 0.2) is 41.7 Å². The van der Waals surface area contributed by atoms with E-state index in [0.717, 1.165) is 22.7 Å². The van der Waals surface area contributed by atoms with Crippen LogP contribution in [0.3, 0.4) is 0 Å². The van der Waals surface area contributed by atoms with Gasteiger partial charge in [-0.2, -0.15) is 5.10 Å². The lowest BCUT2D eigenvalue weighted by Gasteiger charge is -2.03. The molecule has 0 saturated heterocycles. The Balaban J connectivity index is 2.27. The summed E-state index contributed by atoms with van der Waals surface area (Å²) in [4.78, 5) is 4.75. The summed E-state index contributed by atoms with van der Waals surface area (Å²) in [7, 11) is 1.55. The van der Waals surface area contributed by atoms with Crippen LogP contribution in [-0.4, -0.2) is 22.6 Å². The van der Waals surface area contributed by atoms with Crippen molar-refractivity contribution >= 4 is 5.71 Å². The number of aryl methyl sites for hydroxylation is 1. The molecule has 1 aromatic heterocycles. The largest absolute Gasteiger partial charge is 0.399 e. The summed E-state index contributed by atoms with van der Waals surface area (Å²) in [6, 6.07) is 10.0. The molecule has 0 aliphatic carbocycles. The molecule has 0 aliphatic rings. The van der Waals surface area contributed by atoms with Gasteiger partial charge in [0.05, 0.1) is 17.1 Å². The molecule has 88 valence electrons. The predicted octanol–water partition coefficient (Wildman–Crippen LogP) is 2.55. The van der Waals surface area contributed by atoms with E-state index < -0.39 is 0 Å². The minimum absolute atomic E-state index is 0.857. The maximum Gasteiger partial charge on any atom is 0.106 e. The van der Waals surface area contributed by atoms with Crippen molar-refractivity contribution < 1.29 is 4.84 Å². The van der Waals surface area contributed by atoms with E-state index in [-0.39, 0.29) is 0 Å². The Hall–Kier alpha value is -2.10. The molecular formula is C13H15N3O. The highest BCUT2D eigenvalue weighted by atomic mass is 16.6. The Labute approximate surface area is 101 Å². The lowest BCUT2D eigenvalue weighted by molar-refractivity contribution is 0.213. The van der Waals surface area contributed by atoms with Gasteiger partial charge in [0.1, 0.15) is 7.11 Å². The second kappa shape index (κ2) is 4.82. The van der Waals surface area contributed by atoms with Crippen molar-refractivity contribution in [3.05, 3.63) is 47.8 Å². The molecule has 1 aromatic carbocycles. The van der Waals surface area contributed by atoms with E-state index in [4.69, 9.17) is 4.84 Å². The van der Waals surface area contributed by atoms with Crippen LogP contribution in [0.2, 0.25) is 0 Å². The quantitative estimate of drug-likeness (QED) is 0.599. The molecule has 4 heteroatoms. The van der Waals surface area contributed by atoms with Crippen molar-refractivity contribution in [3.8, 4) is 5.69 Å². The molecule has 0 aliphatic heterocycles. The maximum absolute atomic E-state index is 4.75. The second-order valence-electron chi connectivity index (χ2n) is 3.81. The topological polar surface area (TPSA) is 39.4 Å². The highest BCUT2D eigenvalue weighted by Gasteiger charge is 2.01. The van der Waals surface area contributed by atoms with Crippen molar-refractivity contribution in [1.29, 1.82) is 0 Å². The van der Waals surface area contributed by atoms with Crippen LogP contribution in [0.4, 0.5) is 0 Å². The zero-order valence-electron chi connectivity index (χ0n) is 10.2. The molecule has 17 heavy (non-hydrogen) atoms. The van der Waals surface area contributed by atoms with E-state index >= 15 is 0 Å². The van der Waals surface area contributed by atoms with Gasteiger partial charge in [0.15, 0.2) is 0 Å². The van der Waals surface area contributed by atoms with Gasteiger partial charge < -0.3 is 4.84 Å². The summed E-state index contributed by atoms with van der Waals surface area (Å²) >= 11 is 0. The number of rotatable bonds is 3. The molecule has 1 heterocycles. The number of oxime groups is 1. The molecule has 0 fully saturated rings. The molecule has 0 atom stereocenters. The van der Waals surface area contributed by atoms with Crippen molar-refractivity contribution in [2.24, 2.45) is 5.16 Å². The van der Waals surface area contributed by atoms with Crippen LogP contribution in [0.25, 0.3) is 5.69 Å². The van der Waals surface area contributed by atoms with Gasteiger partial charge in [-0.05, 0) is 37.6 Å². The van der Waals surface area contributed by atoms with Gasteiger partial charge in [-0.15, -0.1) is 0 Å². The van der Waals surface area contributed by atoms with Gasteiger partial charge in [-0.3, -0.25) is 0 Å². The molecule has 0 amide bonds. The molecule has 0 unspecified atom stereocenters. The Kier molecular flexibility index (Phi) is 3.23. The molecule has 0 spiro atoms. The van der Waals surface area contributed by atoms with E-state index in [1.807, 2.05) is 55.1 Å². The second-order valence-corrected chi connectivity index (χ2v) is 3.81. The molecule has 0 radical (unpaired) electrons. The fourth-order valence-corrected chi connectivity index (χ4v) is 1.60. The van der Waals surface area contributed by atoms with Crippen molar-refractivity contribution in [1.82, 2.24) is 9.78 Å². The van der Waals surface area contributed by atoms with E-state index in [1.54, 1.807) is 7.11 Å². The zero-order chi connectivity index (χ0) is 12.3. The number of hydrogen-bond donors (Lipinski definition) is 0. The van der Waals surface area contributed by atoms with Gasteiger partial charge >= 0.3 is 0 Å². The normalized spacial score (nSPS) is 11.6. The Morgan fingerprint density at radius 1 is 1.24 bits per heavy atom. The molecule has 2 aromatic rings. The maximum atomic E-state index is 4.75. The van der Waals surface area contributed by atoms with Crippen LogP contribution < -0.4 is 0 Å². The molecule has 0 saturated carbocycles. The number of hydrogen-bond acceptors (Lipinski definition) is 3. The third-order valence-electron chi connectivity index (χ3n) is 2.50. The molecular weight excluding hydrogens is 214 g/mol. The summed E-state index contributed by atoms with van der Waals surface area (Å²) in [5.74, 6) is 0.